The van der Waals surface area contributed by atoms with Crippen LogP contribution >= 0.6 is 0 Å². The van der Waals surface area contributed by atoms with Crippen LogP contribution in [-0.2, 0) is 22.7 Å². The summed E-state index contributed by atoms with van der Waals surface area (Å²) >= 11 is 0. The third-order valence-electron chi connectivity index (χ3n) is 5.58. The second-order valence-electron chi connectivity index (χ2n) is 7.47. The van der Waals surface area contributed by atoms with Gasteiger partial charge in [0.05, 0.1) is 0 Å². The lowest BCUT2D eigenvalue weighted by Crippen LogP contribution is -2.52. The van der Waals surface area contributed by atoms with Gasteiger partial charge in [-0.3, -0.25) is 19.7 Å². The molecule has 1 unspecified atom stereocenters. The van der Waals surface area contributed by atoms with E-state index in [1.165, 1.54) is 0 Å². The van der Waals surface area contributed by atoms with Crippen LogP contribution in [0.1, 0.15) is 45.9 Å². The van der Waals surface area contributed by atoms with Crippen molar-refractivity contribution in [1.29, 1.82) is 0 Å². The summed E-state index contributed by atoms with van der Waals surface area (Å²) in [6.07, 6.45) is 0.625. The first-order chi connectivity index (χ1) is 14.1. The van der Waals surface area contributed by atoms with Crippen molar-refractivity contribution < 1.29 is 14.4 Å². The van der Waals surface area contributed by atoms with Crippen LogP contribution in [0.15, 0.2) is 48.5 Å². The van der Waals surface area contributed by atoms with Crippen molar-refractivity contribution in [2.75, 3.05) is 6.54 Å². The Morgan fingerprint density at radius 3 is 2.66 bits per heavy atom. The highest BCUT2D eigenvalue weighted by atomic mass is 16.2. The minimum Gasteiger partial charge on any atom is -0.329 e. The van der Waals surface area contributed by atoms with E-state index in [-0.39, 0.29) is 24.3 Å². The predicted molar refractivity (Wildman–Crippen MR) is 108 cm³/mol. The highest BCUT2D eigenvalue weighted by Gasteiger charge is 2.39. The zero-order valence-electron chi connectivity index (χ0n) is 16.1. The largest absolute Gasteiger partial charge is 0.329 e. The molecule has 4 N–H and O–H groups in total. The molecule has 0 saturated carbocycles. The maximum absolute atomic E-state index is 12.8. The van der Waals surface area contributed by atoms with E-state index in [0.29, 0.717) is 31.6 Å². The molecule has 4 rings (SSSR count). The number of fused-ring (bicyclic) bond motifs is 1. The quantitative estimate of drug-likeness (QED) is 0.642. The summed E-state index contributed by atoms with van der Waals surface area (Å²) in [4.78, 5) is 37.9. The predicted octanol–water partition coefficient (Wildman–Crippen LogP) is 1.24. The molecule has 2 aromatic rings. The number of imide groups is 1. The Morgan fingerprint density at radius 1 is 1.14 bits per heavy atom. The molecule has 0 aliphatic carbocycles. The second-order valence-corrected chi connectivity index (χ2v) is 7.47. The molecule has 29 heavy (non-hydrogen) atoms. The fraction of sp³-hybridized carbons (Fsp3) is 0.318. The maximum atomic E-state index is 12.8. The summed E-state index contributed by atoms with van der Waals surface area (Å²) in [7, 11) is 0. The maximum Gasteiger partial charge on any atom is 0.255 e. The number of carbonyl (C=O) groups excluding carboxylic acids is 3. The molecule has 150 valence electrons. The SMILES string of the molecule is NC[C@@H](NCc1ccc2c(c1)CN(C1CCC(=O)NC1=O)C2=O)c1ccccc1. The van der Waals surface area contributed by atoms with Gasteiger partial charge in [0.1, 0.15) is 6.04 Å². The van der Waals surface area contributed by atoms with Crippen molar-refractivity contribution in [3.8, 4) is 0 Å². The van der Waals surface area contributed by atoms with Gasteiger partial charge < -0.3 is 16.0 Å². The second kappa shape index (κ2) is 8.14. The lowest BCUT2D eigenvalue weighted by Gasteiger charge is -2.29. The van der Waals surface area contributed by atoms with Crippen molar-refractivity contribution in [1.82, 2.24) is 15.5 Å². The topological polar surface area (TPSA) is 105 Å². The van der Waals surface area contributed by atoms with Gasteiger partial charge in [-0.1, -0.05) is 42.5 Å². The molecule has 2 aliphatic heterocycles. The Morgan fingerprint density at radius 2 is 1.93 bits per heavy atom. The summed E-state index contributed by atoms with van der Waals surface area (Å²) in [5.41, 5.74) is 9.64. The number of amides is 3. The van der Waals surface area contributed by atoms with E-state index in [4.69, 9.17) is 5.73 Å². The first-order valence-electron chi connectivity index (χ1n) is 9.81. The molecule has 3 amide bonds. The Hall–Kier alpha value is -3.03. The Bertz CT molecular complexity index is 944. The van der Waals surface area contributed by atoms with Gasteiger partial charge in [0, 0.05) is 37.7 Å². The number of nitrogens with two attached hydrogens (primary N) is 1. The number of hydrogen-bond donors (Lipinski definition) is 3. The molecule has 7 nitrogen and oxygen atoms in total. The summed E-state index contributed by atoms with van der Waals surface area (Å²) in [6, 6.07) is 15.3. The minimum atomic E-state index is -0.589. The lowest BCUT2D eigenvalue weighted by molar-refractivity contribution is -0.136. The Kier molecular flexibility index (Phi) is 5.42. The number of carbonyl (C=O) groups is 3. The molecule has 0 bridgehead atoms. The van der Waals surface area contributed by atoms with Gasteiger partial charge in [0.25, 0.3) is 5.91 Å². The standard InChI is InChI=1S/C22H24N4O3/c23-11-18(15-4-2-1-3-5-15)24-12-14-6-7-17-16(10-14)13-26(22(17)29)19-8-9-20(27)25-21(19)28/h1-7,10,18-19,24H,8-9,11-13,23H2,(H,25,27,28)/t18-,19?/m1/s1. The smallest absolute Gasteiger partial charge is 0.255 e. The fourth-order valence-electron chi connectivity index (χ4n) is 4.00. The van der Waals surface area contributed by atoms with Gasteiger partial charge in [-0.05, 0) is 29.2 Å². The van der Waals surface area contributed by atoms with Crippen molar-refractivity contribution in [2.24, 2.45) is 5.73 Å². The molecular weight excluding hydrogens is 368 g/mol. The van der Waals surface area contributed by atoms with Crippen LogP contribution < -0.4 is 16.4 Å². The normalized spacial score (nSPS) is 19.8. The van der Waals surface area contributed by atoms with Crippen LogP contribution in [-0.4, -0.2) is 35.2 Å². The van der Waals surface area contributed by atoms with E-state index < -0.39 is 11.9 Å². The van der Waals surface area contributed by atoms with E-state index in [1.54, 1.807) is 4.90 Å². The molecule has 0 radical (unpaired) electrons. The van der Waals surface area contributed by atoms with Crippen LogP contribution in [0, 0.1) is 0 Å². The van der Waals surface area contributed by atoms with Gasteiger partial charge in [-0.15, -0.1) is 0 Å². The van der Waals surface area contributed by atoms with Gasteiger partial charge in [-0.2, -0.15) is 0 Å². The molecule has 7 heteroatoms. The third kappa shape index (κ3) is 3.92. The number of piperidine rings is 1. The van der Waals surface area contributed by atoms with Crippen LogP contribution in [0.25, 0.3) is 0 Å². The zero-order valence-corrected chi connectivity index (χ0v) is 16.1. The number of benzene rings is 2. The molecule has 2 aromatic carbocycles. The average Bonchev–Trinajstić information content (AvgIpc) is 3.05. The van der Waals surface area contributed by atoms with E-state index in [1.807, 2.05) is 48.5 Å². The van der Waals surface area contributed by atoms with E-state index in [2.05, 4.69) is 10.6 Å². The molecule has 2 aliphatic rings. The summed E-state index contributed by atoms with van der Waals surface area (Å²) < 4.78 is 0. The first kappa shape index (κ1) is 19.3. The molecule has 2 atom stereocenters. The summed E-state index contributed by atoms with van der Waals surface area (Å²) in [5.74, 6) is -0.826. The van der Waals surface area contributed by atoms with Crippen molar-refractivity contribution in [3.05, 3.63) is 70.8 Å². The van der Waals surface area contributed by atoms with E-state index in [9.17, 15) is 14.4 Å². The highest BCUT2D eigenvalue weighted by molar-refractivity contribution is 6.05. The van der Waals surface area contributed by atoms with Gasteiger partial charge in [0.15, 0.2) is 0 Å². The Labute approximate surface area is 169 Å². The van der Waals surface area contributed by atoms with Gasteiger partial charge in [-0.25, -0.2) is 0 Å². The number of nitrogens with one attached hydrogen (secondary N) is 2. The van der Waals surface area contributed by atoms with Gasteiger partial charge >= 0.3 is 0 Å². The average molecular weight is 392 g/mol. The van der Waals surface area contributed by atoms with Crippen LogP contribution in [0.5, 0.6) is 0 Å². The third-order valence-corrected chi connectivity index (χ3v) is 5.58. The summed E-state index contributed by atoms with van der Waals surface area (Å²) in [6.45, 7) is 1.49. The van der Waals surface area contributed by atoms with Crippen LogP contribution in [0.3, 0.4) is 0 Å². The Balaban J connectivity index is 1.45. The van der Waals surface area contributed by atoms with Crippen LogP contribution in [0.2, 0.25) is 0 Å². The van der Waals surface area contributed by atoms with Crippen molar-refractivity contribution in [3.63, 3.8) is 0 Å². The first-order valence-corrected chi connectivity index (χ1v) is 9.81. The number of nitrogens with zero attached hydrogens (tertiary/aromatic N) is 1. The molecule has 1 saturated heterocycles. The highest BCUT2D eigenvalue weighted by Crippen LogP contribution is 2.28. The molecule has 1 fully saturated rings. The zero-order chi connectivity index (χ0) is 20.4. The van der Waals surface area contributed by atoms with Crippen molar-refractivity contribution >= 4 is 17.7 Å². The van der Waals surface area contributed by atoms with Crippen LogP contribution in [0.4, 0.5) is 0 Å². The number of rotatable bonds is 6. The van der Waals surface area contributed by atoms with E-state index >= 15 is 0 Å². The number of hydrogen-bond acceptors (Lipinski definition) is 5. The van der Waals surface area contributed by atoms with E-state index in [0.717, 1.165) is 16.7 Å². The minimum absolute atomic E-state index is 0.0473. The van der Waals surface area contributed by atoms with Gasteiger partial charge in [0.2, 0.25) is 11.8 Å². The molecule has 0 aromatic heterocycles. The summed E-state index contributed by atoms with van der Waals surface area (Å²) in [5, 5.41) is 5.79. The monoisotopic (exact) mass is 392 g/mol. The molecule has 0 spiro atoms. The molecule has 2 heterocycles. The molecular formula is C22H24N4O3. The fourth-order valence-corrected chi connectivity index (χ4v) is 4.00. The van der Waals surface area contributed by atoms with Crippen molar-refractivity contribution in [2.45, 2.75) is 38.0 Å². The lowest BCUT2D eigenvalue weighted by atomic mass is 10.0.